The number of hydrogen-bond donors (Lipinski definition) is 2. The number of ether oxygens (including phenoxy) is 1. The molecule has 0 unspecified atom stereocenters. The monoisotopic (exact) mass is 381 g/mol. The van der Waals surface area contributed by atoms with Crippen molar-refractivity contribution in [3.05, 3.63) is 46.7 Å². The fourth-order valence-electron chi connectivity index (χ4n) is 2.12. The van der Waals surface area contributed by atoms with Gasteiger partial charge in [-0.2, -0.15) is 0 Å². The van der Waals surface area contributed by atoms with Crippen LogP contribution in [0.25, 0.3) is 11.0 Å². The van der Waals surface area contributed by atoms with Crippen molar-refractivity contribution in [1.82, 2.24) is 9.97 Å². The van der Waals surface area contributed by atoms with Gasteiger partial charge in [-0.15, -0.1) is 0 Å². The van der Waals surface area contributed by atoms with E-state index in [1.807, 2.05) is 0 Å². The van der Waals surface area contributed by atoms with Crippen molar-refractivity contribution < 1.29 is 18.3 Å². The molecule has 1 amide bonds. The van der Waals surface area contributed by atoms with E-state index < -0.39 is 23.3 Å². The third-order valence-corrected chi connectivity index (χ3v) is 3.64. The lowest BCUT2D eigenvalue weighted by Crippen LogP contribution is -2.07. The summed E-state index contributed by atoms with van der Waals surface area (Å²) in [6.07, 6.45) is 3.11. The van der Waals surface area contributed by atoms with Gasteiger partial charge in [-0.1, -0.05) is 0 Å². The van der Waals surface area contributed by atoms with Crippen LogP contribution >= 0.6 is 15.9 Å². The van der Waals surface area contributed by atoms with Crippen molar-refractivity contribution in [1.29, 1.82) is 0 Å². The Kier molecular flexibility index (Phi) is 3.99. The van der Waals surface area contributed by atoms with Crippen LogP contribution in [-0.2, 0) is 4.79 Å². The van der Waals surface area contributed by atoms with Gasteiger partial charge in [-0.25, -0.2) is 13.8 Å². The van der Waals surface area contributed by atoms with Gasteiger partial charge in [0.2, 0.25) is 5.91 Å². The van der Waals surface area contributed by atoms with Crippen LogP contribution in [0, 0.1) is 11.6 Å². The average Bonchev–Trinajstić information content (AvgIpc) is 2.85. The maximum atomic E-state index is 14.1. The van der Waals surface area contributed by atoms with Crippen molar-refractivity contribution in [2.24, 2.45) is 0 Å². The van der Waals surface area contributed by atoms with Gasteiger partial charge in [0.15, 0.2) is 17.4 Å². The summed E-state index contributed by atoms with van der Waals surface area (Å²) in [6.45, 7) is 1.25. The van der Waals surface area contributed by atoms with E-state index in [1.54, 1.807) is 6.20 Å². The minimum Gasteiger partial charge on any atom is -0.450 e. The van der Waals surface area contributed by atoms with Crippen molar-refractivity contribution in [2.45, 2.75) is 6.92 Å². The standard InChI is InChI=1S/C15H10BrF2N3O2/c1-7(22)21-8-4-10(17)14(11(18)5-8)23-12-2-3-19-15-13(12)9(16)6-20-15/h2-6H,1H3,(H,19,20)(H,21,22). The first-order valence-electron chi connectivity index (χ1n) is 6.52. The van der Waals surface area contributed by atoms with Crippen LogP contribution in [0.4, 0.5) is 14.5 Å². The molecular weight excluding hydrogens is 372 g/mol. The number of hydrogen-bond acceptors (Lipinski definition) is 3. The van der Waals surface area contributed by atoms with Crippen LogP contribution < -0.4 is 10.1 Å². The van der Waals surface area contributed by atoms with Gasteiger partial charge in [0.05, 0.1) is 5.39 Å². The van der Waals surface area contributed by atoms with Gasteiger partial charge in [-0.3, -0.25) is 4.79 Å². The van der Waals surface area contributed by atoms with E-state index in [2.05, 4.69) is 31.2 Å². The molecule has 3 aromatic rings. The zero-order valence-corrected chi connectivity index (χ0v) is 13.4. The fraction of sp³-hybridized carbons (Fsp3) is 0.0667. The molecule has 1 aromatic carbocycles. The van der Waals surface area contributed by atoms with Crippen molar-refractivity contribution in [2.75, 3.05) is 5.32 Å². The number of benzene rings is 1. The molecule has 3 rings (SSSR count). The molecule has 0 fully saturated rings. The van der Waals surface area contributed by atoms with Crippen molar-refractivity contribution >= 4 is 38.6 Å². The maximum Gasteiger partial charge on any atom is 0.221 e. The number of aromatic nitrogens is 2. The van der Waals surface area contributed by atoms with Gasteiger partial charge in [-0.05, 0) is 22.0 Å². The summed E-state index contributed by atoms with van der Waals surface area (Å²) >= 11 is 3.32. The molecule has 0 spiro atoms. The van der Waals surface area contributed by atoms with E-state index in [-0.39, 0.29) is 11.4 Å². The van der Waals surface area contributed by atoms with E-state index >= 15 is 0 Å². The SMILES string of the molecule is CC(=O)Nc1cc(F)c(Oc2ccnc3[nH]cc(Br)c23)c(F)c1. The molecule has 0 aliphatic heterocycles. The first-order chi connectivity index (χ1) is 11.0. The number of halogens is 3. The fourth-order valence-corrected chi connectivity index (χ4v) is 2.61. The lowest BCUT2D eigenvalue weighted by atomic mass is 10.2. The number of carbonyl (C=O) groups excluding carboxylic acids is 1. The van der Waals surface area contributed by atoms with E-state index in [0.29, 0.717) is 15.5 Å². The minimum atomic E-state index is -0.926. The molecule has 2 aromatic heterocycles. The Bertz CT molecular complexity index is 888. The Hall–Kier alpha value is -2.48. The predicted molar refractivity (Wildman–Crippen MR) is 84.5 cm³/mol. The molecule has 0 atom stereocenters. The number of nitrogens with zero attached hydrogens (tertiary/aromatic N) is 1. The highest BCUT2D eigenvalue weighted by Crippen LogP contribution is 2.36. The van der Waals surface area contributed by atoms with Gasteiger partial charge in [0.25, 0.3) is 0 Å². The van der Waals surface area contributed by atoms with Gasteiger partial charge < -0.3 is 15.0 Å². The zero-order chi connectivity index (χ0) is 16.6. The largest absolute Gasteiger partial charge is 0.450 e. The molecule has 0 radical (unpaired) electrons. The van der Waals surface area contributed by atoms with Crippen molar-refractivity contribution in [3.8, 4) is 11.5 Å². The third-order valence-electron chi connectivity index (χ3n) is 3.02. The molecule has 5 nitrogen and oxygen atoms in total. The number of carbonyl (C=O) groups is 1. The Morgan fingerprint density at radius 3 is 2.70 bits per heavy atom. The van der Waals surface area contributed by atoms with Gasteiger partial charge in [0.1, 0.15) is 11.4 Å². The molecule has 0 aliphatic carbocycles. The molecule has 23 heavy (non-hydrogen) atoms. The smallest absolute Gasteiger partial charge is 0.221 e. The number of amides is 1. The van der Waals surface area contributed by atoms with Crippen LogP contribution in [0.3, 0.4) is 0 Å². The van der Waals surface area contributed by atoms with E-state index in [1.165, 1.54) is 19.2 Å². The molecule has 0 saturated carbocycles. The Morgan fingerprint density at radius 2 is 2.04 bits per heavy atom. The van der Waals surface area contributed by atoms with E-state index in [4.69, 9.17) is 4.74 Å². The number of H-pyrrole nitrogens is 1. The molecule has 8 heteroatoms. The summed E-state index contributed by atoms with van der Waals surface area (Å²) in [5, 5.41) is 2.88. The quantitative estimate of drug-likeness (QED) is 0.708. The number of nitrogens with one attached hydrogen (secondary N) is 2. The van der Waals surface area contributed by atoms with E-state index in [0.717, 1.165) is 12.1 Å². The summed E-state index contributed by atoms with van der Waals surface area (Å²) in [7, 11) is 0. The maximum absolute atomic E-state index is 14.1. The molecule has 2 heterocycles. The zero-order valence-electron chi connectivity index (χ0n) is 11.8. The van der Waals surface area contributed by atoms with Crippen LogP contribution in [0.5, 0.6) is 11.5 Å². The highest BCUT2D eigenvalue weighted by molar-refractivity contribution is 9.10. The Balaban J connectivity index is 2.02. The van der Waals surface area contributed by atoms with Crippen LogP contribution in [-0.4, -0.2) is 15.9 Å². The molecule has 0 bridgehead atoms. The predicted octanol–water partition coefficient (Wildman–Crippen LogP) is 4.35. The Morgan fingerprint density at radius 1 is 1.35 bits per heavy atom. The summed E-state index contributed by atoms with van der Waals surface area (Å²) in [6, 6.07) is 3.48. The summed E-state index contributed by atoms with van der Waals surface area (Å²) < 4.78 is 34.3. The molecular formula is C15H10BrF2N3O2. The second-order valence-electron chi connectivity index (χ2n) is 4.72. The van der Waals surface area contributed by atoms with Gasteiger partial charge >= 0.3 is 0 Å². The number of anilines is 1. The lowest BCUT2D eigenvalue weighted by molar-refractivity contribution is -0.114. The highest BCUT2D eigenvalue weighted by atomic mass is 79.9. The number of aromatic amines is 1. The van der Waals surface area contributed by atoms with Crippen molar-refractivity contribution in [3.63, 3.8) is 0 Å². The topological polar surface area (TPSA) is 67.0 Å². The summed E-state index contributed by atoms with van der Waals surface area (Å²) in [5.74, 6) is -2.59. The normalized spacial score (nSPS) is 10.8. The second kappa shape index (κ2) is 5.96. The Labute approximate surface area is 137 Å². The highest BCUT2D eigenvalue weighted by Gasteiger charge is 2.17. The van der Waals surface area contributed by atoms with E-state index in [9.17, 15) is 13.6 Å². The molecule has 2 N–H and O–H groups in total. The number of rotatable bonds is 3. The minimum absolute atomic E-state index is 0.0163. The summed E-state index contributed by atoms with van der Waals surface area (Å²) in [5.41, 5.74) is 0.535. The van der Waals surface area contributed by atoms with Gasteiger partial charge in [0, 0.05) is 41.6 Å². The number of fused-ring (bicyclic) bond motifs is 1. The number of pyridine rings is 1. The first kappa shape index (κ1) is 15.4. The molecule has 0 aliphatic rings. The average molecular weight is 382 g/mol. The third kappa shape index (κ3) is 3.02. The molecule has 0 saturated heterocycles. The second-order valence-corrected chi connectivity index (χ2v) is 5.58. The van der Waals surface area contributed by atoms with Crippen LogP contribution in [0.1, 0.15) is 6.92 Å². The summed E-state index contributed by atoms with van der Waals surface area (Å²) in [4.78, 5) is 18.0. The lowest BCUT2D eigenvalue weighted by Gasteiger charge is -2.11. The molecule has 118 valence electrons. The van der Waals surface area contributed by atoms with Crippen LogP contribution in [0.2, 0.25) is 0 Å². The van der Waals surface area contributed by atoms with Crippen LogP contribution in [0.15, 0.2) is 35.1 Å². The first-order valence-corrected chi connectivity index (χ1v) is 7.31.